The summed E-state index contributed by atoms with van der Waals surface area (Å²) in [7, 11) is 3.28. The van der Waals surface area contributed by atoms with Crippen molar-refractivity contribution in [2.45, 2.75) is 20.4 Å². The SMILES string of the molecule is COc1ccc(-c2ncc(CNCC(C)C)s2)cc1OC. The minimum atomic E-state index is 0.656. The van der Waals surface area contributed by atoms with Gasteiger partial charge < -0.3 is 14.8 Å². The van der Waals surface area contributed by atoms with Crippen molar-refractivity contribution in [3.8, 4) is 22.1 Å². The fraction of sp³-hybridized carbons (Fsp3) is 0.438. The van der Waals surface area contributed by atoms with Gasteiger partial charge in [-0.2, -0.15) is 0 Å². The van der Waals surface area contributed by atoms with Crippen LogP contribution in [0.15, 0.2) is 24.4 Å². The summed E-state index contributed by atoms with van der Waals surface area (Å²) in [5.41, 5.74) is 1.05. The van der Waals surface area contributed by atoms with E-state index in [2.05, 4.69) is 24.1 Å². The number of hydrogen-bond donors (Lipinski definition) is 1. The smallest absolute Gasteiger partial charge is 0.161 e. The Balaban J connectivity index is 2.10. The Labute approximate surface area is 130 Å². The third-order valence-electron chi connectivity index (χ3n) is 3.04. The number of nitrogens with one attached hydrogen (secondary N) is 1. The molecular formula is C16H22N2O2S. The molecule has 0 radical (unpaired) electrons. The van der Waals surface area contributed by atoms with Gasteiger partial charge in [0.15, 0.2) is 11.5 Å². The maximum absolute atomic E-state index is 5.34. The first-order valence-electron chi connectivity index (χ1n) is 7.02. The summed E-state index contributed by atoms with van der Waals surface area (Å²) in [5.74, 6) is 2.12. The Bertz CT molecular complexity index is 581. The largest absolute Gasteiger partial charge is 0.493 e. The Morgan fingerprint density at radius 3 is 2.62 bits per heavy atom. The molecule has 1 aromatic carbocycles. The first kappa shape index (κ1) is 15.8. The fourth-order valence-corrected chi connectivity index (χ4v) is 2.85. The molecule has 0 aliphatic heterocycles. The van der Waals surface area contributed by atoms with Crippen LogP contribution in [0.4, 0.5) is 0 Å². The second-order valence-corrected chi connectivity index (χ2v) is 6.34. The van der Waals surface area contributed by atoms with Gasteiger partial charge in [-0.15, -0.1) is 11.3 Å². The highest BCUT2D eigenvalue weighted by Crippen LogP contribution is 2.33. The van der Waals surface area contributed by atoms with E-state index in [1.807, 2.05) is 24.4 Å². The Morgan fingerprint density at radius 2 is 1.95 bits per heavy atom. The quantitative estimate of drug-likeness (QED) is 0.849. The molecule has 0 spiro atoms. The molecule has 1 heterocycles. The normalized spacial score (nSPS) is 10.9. The molecule has 0 saturated carbocycles. The molecule has 0 unspecified atom stereocenters. The van der Waals surface area contributed by atoms with Crippen molar-refractivity contribution in [3.05, 3.63) is 29.3 Å². The average Bonchev–Trinajstić information content (AvgIpc) is 2.95. The van der Waals surface area contributed by atoms with Crippen LogP contribution in [0.3, 0.4) is 0 Å². The molecule has 4 nitrogen and oxygen atoms in total. The van der Waals surface area contributed by atoms with E-state index < -0.39 is 0 Å². The van der Waals surface area contributed by atoms with Crippen LogP contribution >= 0.6 is 11.3 Å². The lowest BCUT2D eigenvalue weighted by atomic mass is 10.2. The number of hydrogen-bond acceptors (Lipinski definition) is 5. The number of methoxy groups -OCH3 is 2. The van der Waals surface area contributed by atoms with Crippen LogP contribution in [0, 0.1) is 5.92 Å². The summed E-state index contributed by atoms with van der Waals surface area (Å²) in [6, 6.07) is 5.88. The average molecular weight is 306 g/mol. The number of nitrogens with zero attached hydrogens (tertiary/aromatic N) is 1. The molecule has 2 aromatic rings. The molecule has 2 rings (SSSR count). The van der Waals surface area contributed by atoms with Crippen LogP contribution in [-0.2, 0) is 6.54 Å². The van der Waals surface area contributed by atoms with E-state index in [9.17, 15) is 0 Å². The highest BCUT2D eigenvalue weighted by molar-refractivity contribution is 7.15. The van der Waals surface area contributed by atoms with Gasteiger partial charge in [-0.3, -0.25) is 0 Å². The molecule has 0 atom stereocenters. The zero-order valence-corrected chi connectivity index (χ0v) is 13.8. The number of ether oxygens (including phenoxy) is 2. The summed E-state index contributed by atoms with van der Waals surface area (Å²) in [5, 5.41) is 4.43. The predicted octanol–water partition coefficient (Wildman–Crippen LogP) is 3.57. The van der Waals surface area contributed by atoms with Gasteiger partial charge in [0.05, 0.1) is 14.2 Å². The minimum Gasteiger partial charge on any atom is -0.493 e. The second kappa shape index (κ2) is 7.43. The van der Waals surface area contributed by atoms with Gasteiger partial charge in [0.1, 0.15) is 5.01 Å². The van der Waals surface area contributed by atoms with Crippen molar-refractivity contribution >= 4 is 11.3 Å². The lowest BCUT2D eigenvalue weighted by molar-refractivity contribution is 0.355. The minimum absolute atomic E-state index is 0.656. The third kappa shape index (κ3) is 4.19. The van der Waals surface area contributed by atoms with E-state index in [1.54, 1.807) is 25.6 Å². The first-order chi connectivity index (χ1) is 10.1. The summed E-state index contributed by atoms with van der Waals surface area (Å²) >= 11 is 1.70. The van der Waals surface area contributed by atoms with E-state index in [0.717, 1.165) is 35.2 Å². The number of rotatable bonds is 7. The third-order valence-corrected chi connectivity index (χ3v) is 4.08. The Morgan fingerprint density at radius 1 is 1.19 bits per heavy atom. The molecule has 1 N–H and O–H groups in total. The van der Waals surface area contributed by atoms with E-state index in [0.29, 0.717) is 5.92 Å². The Kier molecular flexibility index (Phi) is 5.59. The summed E-state index contributed by atoms with van der Waals surface area (Å²) in [6.07, 6.45) is 1.93. The predicted molar refractivity (Wildman–Crippen MR) is 87.2 cm³/mol. The molecule has 21 heavy (non-hydrogen) atoms. The molecule has 0 amide bonds. The van der Waals surface area contributed by atoms with Crippen LogP contribution in [0.2, 0.25) is 0 Å². The van der Waals surface area contributed by atoms with Crippen molar-refractivity contribution < 1.29 is 9.47 Å². The first-order valence-corrected chi connectivity index (χ1v) is 7.83. The van der Waals surface area contributed by atoms with E-state index >= 15 is 0 Å². The molecule has 5 heteroatoms. The van der Waals surface area contributed by atoms with Crippen LogP contribution < -0.4 is 14.8 Å². The second-order valence-electron chi connectivity index (χ2n) is 5.23. The topological polar surface area (TPSA) is 43.4 Å². The van der Waals surface area contributed by atoms with Gasteiger partial charge in [-0.1, -0.05) is 13.8 Å². The van der Waals surface area contributed by atoms with Crippen molar-refractivity contribution in [3.63, 3.8) is 0 Å². The van der Waals surface area contributed by atoms with Crippen LogP contribution in [0.25, 0.3) is 10.6 Å². The maximum atomic E-state index is 5.34. The molecule has 114 valence electrons. The molecule has 0 bridgehead atoms. The van der Waals surface area contributed by atoms with Crippen molar-refractivity contribution in [1.29, 1.82) is 0 Å². The molecule has 0 saturated heterocycles. The zero-order chi connectivity index (χ0) is 15.2. The highest BCUT2D eigenvalue weighted by atomic mass is 32.1. The number of aromatic nitrogens is 1. The molecular weight excluding hydrogens is 284 g/mol. The van der Waals surface area contributed by atoms with Gasteiger partial charge in [0.2, 0.25) is 0 Å². The van der Waals surface area contributed by atoms with Gasteiger partial charge in [-0.25, -0.2) is 4.98 Å². The Hall–Kier alpha value is -1.59. The van der Waals surface area contributed by atoms with Crippen LogP contribution in [-0.4, -0.2) is 25.7 Å². The van der Waals surface area contributed by atoms with E-state index in [-0.39, 0.29) is 0 Å². The maximum Gasteiger partial charge on any atom is 0.161 e. The fourth-order valence-electron chi connectivity index (χ4n) is 1.98. The summed E-state index contributed by atoms with van der Waals surface area (Å²) in [6.45, 7) is 6.29. The van der Waals surface area contributed by atoms with Crippen molar-refractivity contribution in [1.82, 2.24) is 10.3 Å². The monoisotopic (exact) mass is 306 g/mol. The van der Waals surface area contributed by atoms with Gasteiger partial charge in [0.25, 0.3) is 0 Å². The van der Waals surface area contributed by atoms with E-state index in [4.69, 9.17) is 9.47 Å². The van der Waals surface area contributed by atoms with E-state index in [1.165, 1.54) is 4.88 Å². The highest BCUT2D eigenvalue weighted by Gasteiger charge is 2.09. The lowest BCUT2D eigenvalue weighted by Gasteiger charge is -2.08. The van der Waals surface area contributed by atoms with Gasteiger partial charge >= 0.3 is 0 Å². The molecule has 0 aliphatic rings. The molecule has 1 aromatic heterocycles. The van der Waals surface area contributed by atoms with Crippen molar-refractivity contribution in [2.75, 3.05) is 20.8 Å². The number of benzene rings is 1. The molecule has 0 fully saturated rings. The van der Waals surface area contributed by atoms with Crippen LogP contribution in [0.1, 0.15) is 18.7 Å². The van der Waals surface area contributed by atoms with Crippen LogP contribution in [0.5, 0.6) is 11.5 Å². The summed E-state index contributed by atoms with van der Waals surface area (Å²) in [4.78, 5) is 5.73. The standard InChI is InChI=1S/C16H22N2O2S/c1-11(2)8-17-9-13-10-18-16(21-13)12-5-6-14(19-3)15(7-12)20-4/h5-7,10-11,17H,8-9H2,1-4H3. The zero-order valence-electron chi connectivity index (χ0n) is 13.0. The van der Waals surface area contributed by atoms with Crippen molar-refractivity contribution in [2.24, 2.45) is 5.92 Å². The molecule has 0 aliphatic carbocycles. The summed E-state index contributed by atoms with van der Waals surface area (Å²) < 4.78 is 10.6. The van der Waals surface area contributed by atoms with Gasteiger partial charge in [-0.05, 0) is 30.7 Å². The van der Waals surface area contributed by atoms with Gasteiger partial charge in [0, 0.05) is 23.2 Å². The lowest BCUT2D eigenvalue weighted by Crippen LogP contribution is -2.18. The number of thiazole rings is 1.